The molecule has 10 heteroatoms. The van der Waals surface area contributed by atoms with Gasteiger partial charge >= 0.3 is 0 Å². The number of carbonyl (C=O) groups excluding carboxylic acids is 4. The standard InChI is InChI=1S/C18H12N4O4S2/c23-13-9-7-1-2-8(11(9)15(25)21(13)17-19-3-5-27-17)12-10(7)14(24)22(16(12)26)18-20-4-6-28-18/h1-12H/t7?,8?,9-,10-,11-,12-/m1/s1. The Labute approximate surface area is 166 Å². The fourth-order valence-electron chi connectivity index (χ4n) is 5.26. The molecule has 2 aromatic rings. The number of hydrogen-bond donors (Lipinski definition) is 0. The highest BCUT2D eigenvalue weighted by molar-refractivity contribution is 7.14. The molecule has 2 saturated heterocycles. The van der Waals surface area contributed by atoms with Crippen molar-refractivity contribution in [3.8, 4) is 0 Å². The number of nitrogens with zero attached hydrogens (tertiary/aromatic N) is 4. The van der Waals surface area contributed by atoms with E-state index in [1.54, 1.807) is 23.2 Å². The molecule has 4 heterocycles. The van der Waals surface area contributed by atoms with Crippen LogP contribution in [0.2, 0.25) is 0 Å². The number of thiazole rings is 2. The van der Waals surface area contributed by atoms with Crippen LogP contribution in [0.1, 0.15) is 0 Å². The molecule has 3 fully saturated rings. The Morgan fingerprint density at radius 3 is 1.29 bits per heavy atom. The van der Waals surface area contributed by atoms with Crippen molar-refractivity contribution in [1.29, 1.82) is 0 Å². The minimum absolute atomic E-state index is 0.323. The molecule has 2 bridgehead atoms. The van der Waals surface area contributed by atoms with E-state index in [2.05, 4.69) is 9.97 Å². The zero-order valence-electron chi connectivity index (χ0n) is 14.2. The smallest absolute Gasteiger partial charge is 0.240 e. The Balaban J connectivity index is 1.44. The summed E-state index contributed by atoms with van der Waals surface area (Å²) in [6.45, 7) is 0. The van der Waals surface area contributed by atoms with E-state index >= 15 is 0 Å². The number of hydrogen-bond acceptors (Lipinski definition) is 8. The number of imide groups is 2. The summed E-state index contributed by atoms with van der Waals surface area (Å²) >= 11 is 2.44. The Kier molecular flexibility index (Phi) is 3.15. The second-order valence-corrected chi connectivity index (χ2v) is 9.04. The van der Waals surface area contributed by atoms with E-state index < -0.39 is 35.5 Å². The highest BCUT2D eigenvalue weighted by Crippen LogP contribution is 2.58. The van der Waals surface area contributed by atoms with Crippen LogP contribution in [0.15, 0.2) is 35.3 Å². The molecule has 0 N–H and O–H groups in total. The summed E-state index contributed by atoms with van der Waals surface area (Å²) in [5.74, 6) is -4.73. The van der Waals surface area contributed by atoms with Crippen LogP contribution in [0.25, 0.3) is 0 Å². The number of rotatable bonds is 2. The molecule has 2 aromatic heterocycles. The fourth-order valence-corrected chi connectivity index (χ4v) is 6.56. The van der Waals surface area contributed by atoms with Crippen molar-refractivity contribution in [2.75, 3.05) is 9.80 Å². The zero-order chi connectivity index (χ0) is 19.2. The van der Waals surface area contributed by atoms with Crippen LogP contribution in [0.5, 0.6) is 0 Å². The lowest BCUT2D eigenvalue weighted by Gasteiger charge is -2.44. The third kappa shape index (κ3) is 1.79. The van der Waals surface area contributed by atoms with Gasteiger partial charge in [-0.2, -0.15) is 0 Å². The first-order valence-electron chi connectivity index (χ1n) is 8.82. The molecule has 5 aliphatic rings. The van der Waals surface area contributed by atoms with Gasteiger partial charge in [0.1, 0.15) is 0 Å². The van der Waals surface area contributed by atoms with Gasteiger partial charge in [0, 0.05) is 35.0 Å². The van der Waals surface area contributed by atoms with Gasteiger partial charge in [-0.25, -0.2) is 19.8 Å². The number of allylic oxidation sites excluding steroid dienone is 2. The van der Waals surface area contributed by atoms with Gasteiger partial charge in [-0.3, -0.25) is 19.2 Å². The zero-order valence-corrected chi connectivity index (χ0v) is 15.8. The minimum Gasteiger partial charge on any atom is -0.274 e. The van der Waals surface area contributed by atoms with Crippen LogP contribution in [0.3, 0.4) is 0 Å². The number of carbonyl (C=O) groups is 4. The Hall–Kier alpha value is -2.72. The number of amides is 4. The van der Waals surface area contributed by atoms with E-state index in [4.69, 9.17) is 0 Å². The van der Waals surface area contributed by atoms with Gasteiger partial charge in [0.05, 0.1) is 23.7 Å². The molecule has 1 saturated carbocycles. The second-order valence-electron chi connectivity index (χ2n) is 7.30. The largest absolute Gasteiger partial charge is 0.274 e. The summed E-state index contributed by atoms with van der Waals surface area (Å²) in [5.41, 5.74) is 0. The maximum atomic E-state index is 13.1. The van der Waals surface area contributed by atoms with E-state index in [0.29, 0.717) is 10.3 Å². The highest BCUT2D eigenvalue weighted by Gasteiger charge is 2.69. The summed E-state index contributed by atoms with van der Waals surface area (Å²) in [7, 11) is 0. The molecule has 140 valence electrons. The van der Waals surface area contributed by atoms with Crippen LogP contribution in [-0.4, -0.2) is 33.6 Å². The second kappa shape index (κ2) is 5.42. The van der Waals surface area contributed by atoms with Gasteiger partial charge < -0.3 is 0 Å². The monoisotopic (exact) mass is 412 g/mol. The molecule has 0 aromatic carbocycles. The quantitative estimate of drug-likeness (QED) is 0.545. The van der Waals surface area contributed by atoms with Crippen molar-refractivity contribution >= 4 is 56.6 Å². The Bertz CT molecular complexity index is 935. The van der Waals surface area contributed by atoms with Crippen LogP contribution >= 0.6 is 22.7 Å². The van der Waals surface area contributed by atoms with Crippen LogP contribution in [0, 0.1) is 35.5 Å². The third-order valence-electron chi connectivity index (χ3n) is 6.23. The van der Waals surface area contributed by atoms with Crippen LogP contribution in [-0.2, 0) is 19.2 Å². The van der Waals surface area contributed by atoms with Crippen LogP contribution < -0.4 is 9.80 Å². The molecule has 4 atom stereocenters. The van der Waals surface area contributed by atoms with E-state index in [0.717, 1.165) is 9.80 Å². The first kappa shape index (κ1) is 16.3. The number of anilines is 2. The Morgan fingerprint density at radius 2 is 1.00 bits per heavy atom. The molecule has 4 amide bonds. The molecule has 2 aliphatic heterocycles. The maximum Gasteiger partial charge on any atom is 0.240 e. The summed E-state index contributed by atoms with van der Waals surface area (Å²) in [5, 5.41) is 4.10. The lowest BCUT2D eigenvalue weighted by atomic mass is 9.54. The van der Waals surface area contributed by atoms with Crippen molar-refractivity contribution in [3.05, 3.63) is 35.3 Å². The highest BCUT2D eigenvalue weighted by atomic mass is 32.1. The molecule has 28 heavy (non-hydrogen) atoms. The first-order chi connectivity index (χ1) is 13.6. The topological polar surface area (TPSA) is 101 Å². The number of aromatic nitrogens is 2. The van der Waals surface area contributed by atoms with Crippen molar-refractivity contribution < 1.29 is 19.2 Å². The maximum absolute atomic E-state index is 13.1. The van der Waals surface area contributed by atoms with Gasteiger partial charge in [0.15, 0.2) is 10.3 Å². The summed E-state index contributed by atoms with van der Waals surface area (Å²) in [6, 6.07) is 0. The summed E-state index contributed by atoms with van der Waals surface area (Å²) in [6.07, 6.45) is 6.78. The first-order valence-corrected chi connectivity index (χ1v) is 10.6. The Morgan fingerprint density at radius 1 is 0.643 bits per heavy atom. The molecular formula is C18H12N4O4S2. The molecule has 7 rings (SSSR count). The predicted molar refractivity (Wildman–Crippen MR) is 99.3 cm³/mol. The molecular weight excluding hydrogens is 400 g/mol. The predicted octanol–water partition coefficient (Wildman–Crippen LogP) is 1.33. The lowest BCUT2D eigenvalue weighted by Crippen LogP contribution is -2.50. The molecule has 0 radical (unpaired) electrons. The molecule has 0 unspecified atom stereocenters. The van der Waals surface area contributed by atoms with Gasteiger partial charge in [-0.15, -0.1) is 22.7 Å². The average Bonchev–Trinajstić information content (AvgIpc) is 3.46. The van der Waals surface area contributed by atoms with Gasteiger partial charge in [-0.05, 0) is 0 Å². The lowest BCUT2D eigenvalue weighted by molar-refractivity contribution is -0.137. The third-order valence-corrected chi connectivity index (χ3v) is 7.74. The van der Waals surface area contributed by atoms with E-state index in [9.17, 15) is 19.2 Å². The van der Waals surface area contributed by atoms with Gasteiger partial charge in [-0.1, -0.05) is 12.2 Å². The molecule has 0 spiro atoms. The van der Waals surface area contributed by atoms with Gasteiger partial charge in [0.2, 0.25) is 23.6 Å². The summed E-state index contributed by atoms with van der Waals surface area (Å²) in [4.78, 5) is 63.1. The average molecular weight is 412 g/mol. The minimum atomic E-state index is -0.624. The van der Waals surface area contributed by atoms with E-state index in [1.807, 2.05) is 12.2 Å². The van der Waals surface area contributed by atoms with Crippen molar-refractivity contribution in [2.24, 2.45) is 35.5 Å². The van der Waals surface area contributed by atoms with E-state index in [-0.39, 0.29) is 23.6 Å². The summed E-state index contributed by atoms with van der Waals surface area (Å²) < 4.78 is 0. The van der Waals surface area contributed by atoms with Gasteiger partial charge in [0.25, 0.3) is 0 Å². The SMILES string of the molecule is O=C1[C@@H]2C3C=CC([C@H]2C(=O)N1c1nccs1)[C@H]1C(=O)N(c2nccs2)C(=O)[C@H]31. The van der Waals surface area contributed by atoms with Crippen molar-refractivity contribution in [3.63, 3.8) is 0 Å². The normalized spacial score (nSPS) is 35.9. The van der Waals surface area contributed by atoms with Crippen molar-refractivity contribution in [1.82, 2.24) is 9.97 Å². The van der Waals surface area contributed by atoms with Crippen molar-refractivity contribution in [2.45, 2.75) is 0 Å². The van der Waals surface area contributed by atoms with Crippen LogP contribution in [0.4, 0.5) is 10.3 Å². The van der Waals surface area contributed by atoms with E-state index in [1.165, 1.54) is 22.7 Å². The fraction of sp³-hybridized carbons (Fsp3) is 0.333. The molecule has 3 aliphatic carbocycles. The molecule has 8 nitrogen and oxygen atoms in total.